The molecule has 6 heteroatoms. The minimum atomic E-state index is -0.642. The molecule has 1 amide bonds. The van der Waals surface area contributed by atoms with Gasteiger partial charge in [-0.3, -0.25) is 9.69 Å². The maximum atomic E-state index is 11.5. The second-order valence-corrected chi connectivity index (χ2v) is 4.36. The Morgan fingerprint density at radius 2 is 2.44 bits per heavy atom. The van der Waals surface area contributed by atoms with E-state index < -0.39 is 6.10 Å². The standard InChI is InChI=1S/C10H8BrN3O2/c11-8-1-6(3-12)4-13-10(8)14-5-7(15)2-9(14)16/h1,4,7,15H,2,5H2. The van der Waals surface area contributed by atoms with E-state index >= 15 is 0 Å². The van der Waals surface area contributed by atoms with Crippen LogP contribution in [0.5, 0.6) is 0 Å². The Bertz CT molecular complexity index is 483. The van der Waals surface area contributed by atoms with Crippen LogP contribution in [0.2, 0.25) is 0 Å². The number of nitrogens with zero attached hydrogens (tertiary/aromatic N) is 3. The molecule has 0 saturated carbocycles. The first-order valence-electron chi connectivity index (χ1n) is 4.66. The van der Waals surface area contributed by atoms with Crippen LogP contribution >= 0.6 is 15.9 Å². The number of nitriles is 1. The lowest BCUT2D eigenvalue weighted by atomic mass is 10.3. The topological polar surface area (TPSA) is 77.2 Å². The fourth-order valence-electron chi connectivity index (χ4n) is 1.58. The Kier molecular flexibility index (Phi) is 2.90. The van der Waals surface area contributed by atoms with E-state index in [1.54, 1.807) is 6.07 Å². The summed E-state index contributed by atoms with van der Waals surface area (Å²) in [7, 11) is 0. The molecule has 1 fully saturated rings. The number of hydrogen-bond acceptors (Lipinski definition) is 4. The minimum Gasteiger partial charge on any atom is -0.391 e. The van der Waals surface area contributed by atoms with E-state index in [2.05, 4.69) is 20.9 Å². The van der Waals surface area contributed by atoms with Crippen molar-refractivity contribution in [1.29, 1.82) is 5.26 Å². The summed E-state index contributed by atoms with van der Waals surface area (Å²) in [5.41, 5.74) is 0.419. The number of pyridine rings is 1. The number of carbonyl (C=O) groups excluding carboxylic acids is 1. The van der Waals surface area contributed by atoms with Crippen molar-refractivity contribution in [3.05, 3.63) is 22.3 Å². The first kappa shape index (κ1) is 11.0. The van der Waals surface area contributed by atoms with Crippen molar-refractivity contribution in [3.63, 3.8) is 0 Å². The summed E-state index contributed by atoms with van der Waals surface area (Å²) in [6, 6.07) is 3.56. The molecule has 2 heterocycles. The molecule has 1 aliphatic rings. The van der Waals surface area contributed by atoms with E-state index in [-0.39, 0.29) is 18.9 Å². The van der Waals surface area contributed by atoms with Crippen LogP contribution in [0.3, 0.4) is 0 Å². The van der Waals surface area contributed by atoms with Gasteiger partial charge in [0, 0.05) is 6.20 Å². The van der Waals surface area contributed by atoms with Gasteiger partial charge in [0.1, 0.15) is 11.9 Å². The zero-order valence-corrected chi connectivity index (χ0v) is 9.81. The lowest BCUT2D eigenvalue weighted by molar-refractivity contribution is -0.117. The Labute approximate surface area is 100 Å². The van der Waals surface area contributed by atoms with E-state index in [0.29, 0.717) is 15.9 Å². The van der Waals surface area contributed by atoms with Gasteiger partial charge in [-0.1, -0.05) is 0 Å². The van der Waals surface area contributed by atoms with Crippen LogP contribution in [0.25, 0.3) is 0 Å². The van der Waals surface area contributed by atoms with Crippen LogP contribution in [0, 0.1) is 11.3 Å². The summed E-state index contributed by atoms with van der Waals surface area (Å²) in [5, 5.41) is 18.0. The van der Waals surface area contributed by atoms with Crippen LogP contribution in [0.4, 0.5) is 5.82 Å². The number of aliphatic hydroxyl groups excluding tert-OH is 1. The number of halogens is 1. The molecule has 82 valence electrons. The second kappa shape index (κ2) is 4.20. The minimum absolute atomic E-state index is 0.119. The predicted octanol–water partition coefficient (Wildman–Crippen LogP) is 0.813. The van der Waals surface area contributed by atoms with Gasteiger partial charge in [-0.25, -0.2) is 4.98 Å². The number of β-amino-alcohol motifs (C(OH)–C–C–N with tert-alkyl or cyclic N) is 1. The van der Waals surface area contributed by atoms with Crippen LogP contribution in [0.1, 0.15) is 12.0 Å². The van der Waals surface area contributed by atoms with E-state index in [4.69, 9.17) is 5.26 Å². The van der Waals surface area contributed by atoms with Gasteiger partial charge in [0.05, 0.1) is 29.1 Å². The van der Waals surface area contributed by atoms with Crippen LogP contribution in [-0.2, 0) is 4.79 Å². The number of hydrogen-bond donors (Lipinski definition) is 1. The molecule has 1 aromatic heterocycles. The molecule has 5 nitrogen and oxygen atoms in total. The van der Waals surface area contributed by atoms with E-state index in [9.17, 15) is 9.90 Å². The van der Waals surface area contributed by atoms with Gasteiger partial charge in [-0.2, -0.15) is 5.26 Å². The van der Waals surface area contributed by atoms with E-state index in [0.717, 1.165) is 0 Å². The number of carbonyl (C=O) groups is 1. The zero-order valence-electron chi connectivity index (χ0n) is 8.22. The molecule has 1 saturated heterocycles. The molecule has 0 bridgehead atoms. The first-order chi connectivity index (χ1) is 7.61. The number of aromatic nitrogens is 1. The largest absolute Gasteiger partial charge is 0.391 e. The first-order valence-corrected chi connectivity index (χ1v) is 5.45. The average Bonchev–Trinajstić information content (AvgIpc) is 2.57. The summed E-state index contributed by atoms with van der Waals surface area (Å²) in [5.74, 6) is 0.283. The molecule has 16 heavy (non-hydrogen) atoms. The van der Waals surface area contributed by atoms with Crippen LogP contribution in [0.15, 0.2) is 16.7 Å². The van der Waals surface area contributed by atoms with E-state index in [1.165, 1.54) is 11.1 Å². The maximum Gasteiger partial charge on any atom is 0.230 e. The molecule has 1 aromatic rings. The summed E-state index contributed by atoms with van der Waals surface area (Å²) >= 11 is 3.26. The molecule has 0 radical (unpaired) electrons. The van der Waals surface area contributed by atoms with Crippen molar-refractivity contribution < 1.29 is 9.90 Å². The van der Waals surface area contributed by atoms with Gasteiger partial charge in [-0.15, -0.1) is 0 Å². The monoisotopic (exact) mass is 281 g/mol. The third-order valence-electron chi connectivity index (χ3n) is 2.31. The molecular formula is C10H8BrN3O2. The molecule has 0 aromatic carbocycles. The van der Waals surface area contributed by atoms with Crippen molar-refractivity contribution in [2.75, 3.05) is 11.4 Å². The van der Waals surface area contributed by atoms with Crippen molar-refractivity contribution in [2.45, 2.75) is 12.5 Å². The van der Waals surface area contributed by atoms with Crippen LogP contribution < -0.4 is 4.90 Å². The summed E-state index contributed by atoms with van der Waals surface area (Å²) < 4.78 is 0.578. The Hall–Kier alpha value is -1.45. The van der Waals surface area contributed by atoms with Crippen molar-refractivity contribution in [3.8, 4) is 6.07 Å². The predicted molar refractivity (Wildman–Crippen MR) is 59.6 cm³/mol. The number of anilines is 1. The highest BCUT2D eigenvalue weighted by Gasteiger charge is 2.31. The van der Waals surface area contributed by atoms with Crippen molar-refractivity contribution >= 4 is 27.7 Å². The number of amides is 1. The smallest absolute Gasteiger partial charge is 0.230 e. The van der Waals surface area contributed by atoms with Crippen molar-refractivity contribution in [2.24, 2.45) is 0 Å². The number of aliphatic hydroxyl groups is 1. The highest BCUT2D eigenvalue weighted by atomic mass is 79.9. The van der Waals surface area contributed by atoms with Crippen molar-refractivity contribution in [1.82, 2.24) is 4.98 Å². The molecule has 1 unspecified atom stereocenters. The highest BCUT2D eigenvalue weighted by Crippen LogP contribution is 2.28. The third-order valence-corrected chi connectivity index (χ3v) is 2.89. The SMILES string of the molecule is N#Cc1cnc(N2CC(O)CC2=O)c(Br)c1. The Balaban J connectivity index is 2.35. The molecular weight excluding hydrogens is 274 g/mol. The van der Waals surface area contributed by atoms with Gasteiger partial charge >= 0.3 is 0 Å². The van der Waals surface area contributed by atoms with Gasteiger partial charge in [-0.05, 0) is 22.0 Å². The third kappa shape index (κ3) is 1.92. The summed E-state index contributed by atoms with van der Waals surface area (Å²) in [6.07, 6.45) is 0.878. The quantitative estimate of drug-likeness (QED) is 0.827. The zero-order chi connectivity index (χ0) is 11.7. The molecule has 2 rings (SSSR count). The molecule has 1 N–H and O–H groups in total. The maximum absolute atomic E-state index is 11.5. The molecule has 0 aliphatic carbocycles. The molecule has 0 spiro atoms. The number of rotatable bonds is 1. The summed E-state index contributed by atoms with van der Waals surface area (Å²) in [6.45, 7) is 0.246. The Morgan fingerprint density at radius 1 is 1.69 bits per heavy atom. The van der Waals surface area contributed by atoms with Crippen LogP contribution in [-0.4, -0.2) is 28.6 Å². The Morgan fingerprint density at radius 3 is 2.94 bits per heavy atom. The van der Waals surface area contributed by atoms with Gasteiger partial charge in [0.15, 0.2) is 0 Å². The lowest BCUT2D eigenvalue weighted by Crippen LogP contribution is -2.26. The lowest BCUT2D eigenvalue weighted by Gasteiger charge is -2.15. The second-order valence-electron chi connectivity index (χ2n) is 3.50. The van der Waals surface area contributed by atoms with Gasteiger partial charge in [0.2, 0.25) is 5.91 Å². The fourth-order valence-corrected chi connectivity index (χ4v) is 2.15. The highest BCUT2D eigenvalue weighted by molar-refractivity contribution is 9.10. The van der Waals surface area contributed by atoms with E-state index in [1.807, 2.05) is 6.07 Å². The molecule has 1 aliphatic heterocycles. The van der Waals surface area contributed by atoms with Gasteiger partial charge < -0.3 is 5.11 Å². The average molecular weight is 282 g/mol. The summed E-state index contributed by atoms with van der Waals surface area (Å²) in [4.78, 5) is 17.0. The molecule has 1 atom stereocenters. The van der Waals surface area contributed by atoms with Gasteiger partial charge in [0.25, 0.3) is 0 Å². The normalized spacial score (nSPS) is 19.9. The fraction of sp³-hybridized carbons (Fsp3) is 0.300.